The van der Waals surface area contributed by atoms with E-state index in [1.54, 1.807) is 0 Å². The van der Waals surface area contributed by atoms with Crippen molar-refractivity contribution in [1.82, 2.24) is 10.2 Å². The van der Waals surface area contributed by atoms with Gasteiger partial charge in [0.1, 0.15) is 0 Å². The number of rotatable bonds is 6. The number of carbonyl (C=O) groups is 1. The molecule has 25 heavy (non-hydrogen) atoms. The highest BCUT2D eigenvalue weighted by atomic mass is 16.2. The molecule has 1 heterocycles. The van der Waals surface area contributed by atoms with Crippen molar-refractivity contribution in [3.63, 3.8) is 0 Å². The fourth-order valence-corrected chi connectivity index (χ4v) is 5.16. The average Bonchev–Trinajstić information content (AvgIpc) is 3.09. The Bertz CT molecular complexity index is 561. The van der Waals surface area contributed by atoms with Crippen molar-refractivity contribution in [2.24, 2.45) is 29.6 Å². The first-order valence-electron chi connectivity index (χ1n) is 10.0. The van der Waals surface area contributed by atoms with E-state index in [2.05, 4.69) is 68.2 Å². The molecule has 0 aromatic heterocycles. The van der Waals surface area contributed by atoms with Crippen molar-refractivity contribution in [2.45, 2.75) is 53.1 Å². The summed E-state index contributed by atoms with van der Waals surface area (Å²) in [6.45, 7) is 12.0. The molecule has 1 aromatic rings. The molecule has 138 valence electrons. The van der Waals surface area contributed by atoms with Gasteiger partial charge in [-0.2, -0.15) is 0 Å². The van der Waals surface area contributed by atoms with Crippen LogP contribution in [0, 0.1) is 29.6 Å². The van der Waals surface area contributed by atoms with Crippen LogP contribution in [0.15, 0.2) is 30.3 Å². The van der Waals surface area contributed by atoms with Crippen LogP contribution in [0.4, 0.5) is 0 Å². The monoisotopic (exact) mass is 342 g/mol. The van der Waals surface area contributed by atoms with Gasteiger partial charge in [-0.1, -0.05) is 58.0 Å². The van der Waals surface area contributed by atoms with Gasteiger partial charge < -0.3 is 5.32 Å². The number of fused-ring (bicyclic) bond motifs is 1. The van der Waals surface area contributed by atoms with E-state index in [9.17, 15) is 4.79 Å². The molecule has 1 aromatic carbocycles. The summed E-state index contributed by atoms with van der Waals surface area (Å²) in [5.74, 6) is 2.59. The maximum Gasteiger partial charge on any atom is 0.223 e. The van der Waals surface area contributed by atoms with Gasteiger partial charge in [-0.25, -0.2) is 0 Å². The van der Waals surface area contributed by atoms with Crippen molar-refractivity contribution < 1.29 is 4.79 Å². The molecule has 1 aliphatic heterocycles. The van der Waals surface area contributed by atoms with Gasteiger partial charge in [-0.05, 0) is 42.1 Å². The highest BCUT2D eigenvalue weighted by molar-refractivity contribution is 5.79. The lowest BCUT2D eigenvalue weighted by Crippen LogP contribution is -2.45. The molecule has 0 spiro atoms. The Kier molecular flexibility index (Phi) is 5.83. The molecule has 2 aliphatic rings. The number of nitrogens with one attached hydrogen (secondary N) is 1. The van der Waals surface area contributed by atoms with Crippen LogP contribution in [0.25, 0.3) is 0 Å². The molecule has 2 fully saturated rings. The summed E-state index contributed by atoms with van der Waals surface area (Å²) in [5.41, 5.74) is 1.39. The van der Waals surface area contributed by atoms with E-state index in [-0.39, 0.29) is 11.8 Å². The first-order chi connectivity index (χ1) is 12.0. The van der Waals surface area contributed by atoms with Gasteiger partial charge in [0.25, 0.3) is 0 Å². The highest BCUT2D eigenvalue weighted by Crippen LogP contribution is 2.39. The zero-order valence-corrected chi connectivity index (χ0v) is 16.2. The first-order valence-corrected chi connectivity index (χ1v) is 10.0. The second-order valence-corrected chi connectivity index (χ2v) is 8.81. The standard InChI is InChI=1S/C22H34N2O/c1-15(2)21(16(3)4)22(25)23-20-11-10-18-13-24(14-19(18)20)12-17-8-6-5-7-9-17/h5-9,15-16,18-21H,10-14H2,1-4H3,(H,23,25)/t18-,19?,20?/m0/s1. The summed E-state index contributed by atoms with van der Waals surface area (Å²) < 4.78 is 0. The Labute approximate surface area is 153 Å². The van der Waals surface area contributed by atoms with Gasteiger partial charge in [-0.3, -0.25) is 9.69 Å². The Hall–Kier alpha value is -1.35. The SMILES string of the molecule is CC(C)C(C(=O)NC1CC[C@H]2CN(Cc3ccccc3)CC12)C(C)C. The summed E-state index contributed by atoms with van der Waals surface area (Å²) in [5, 5.41) is 3.43. The van der Waals surface area contributed by atoms with Crippen LogP contribution in [-0.2, 0) is 11.3 Å². The largest absolute Gasteiger partial charge is 0.353 e. The smallest absolute Gasteiger partial charge is 0.223 e. The topological polar surface area (TPSA) is 32.3 Å². The maximum atomic E-state index is 12.8. The minimum atomic E-state index is 0.126. The molecule has 1 aliphatic carbocycles. The van der Waals surface area contributed by atoms with E-state index in [0.29, 0.717) is 23.8 Å². The Balaban J connectivity index is 1.58. The second-order valence-electron chi connectivity index (χ2n) is 8.81. The van der Waals surface area contributed by atoms with Crippen molar-refractivity contribution in [3.8, 4) is 0 Å². The number of carbonyl (C=O) groups excluding carboxylic acids is 1. The van der Waals surface area contributed by atoms with Crippen molar-refractivity contribution in [3.05, 3.63) is 35.9 Å². The van der Waals surface area contributed by atoms with E-state index in [4.69, 9.17) is 0 Å². The second kappa shape index (κ2) is 7.90. The van der Waals surface area contributed by atoms with Gasteiger partial charge >= 0.3 is 0 Å². The Morgan fingerprint density at radius 1 is 1.08 bits per heavy atom. The quantitative estimate of drug-likeness (QED) is 0.849. The third-order valence-corrected chi connectivity index (χ3v) is 6.25. The van der Waals surface area contributed by atoms with Crippen molar-refractivity contribution in [2.75, 3.05) is 13.1 Å². The van der Waals surface area contributed by atoms with E-state index in [1.807, 2.05) is 0 Å². The lowest BCUT2D eigenvalue weighted by molar-refractivity contribution is -0.128. The Morgan fingerprint density at radius 2 is 1.76 bits per heavy atom. The van der Waals surface area contributed by atoms with Gasteiger partial charge in [0.2, 0.25) is 5.91 Å². The average molecular weight is 343 g/mol. The van der Waals surface area contributed by atoms with Gasteiger partial charge in [-0.15, -0.1) is 0 Å². The predicted molar refractivity (Wildman–Crippen MR) is 103 cm³/mol. The summed E-state index contributed by atoms with van der Waals surface area (Å²) in [4.78, 5) is 15.4. The third-order valence-electron chi connectivity index (χ3n) is 6.25. The molecule has 2 unspecified atom stereocenters. The molecule has 1 amide bonds. The summed E-state index contributed by atoms with van der Waals surface area (Å²) >= 11 is 0. The minimum Gasteiger partial charge on any atom is -0.353 e. The first kappa shape index (κ1) is 18.4. The van der Waals surface area contributed by atoms with Crippen LogP contribution in [0.1, 0.15) is 46.1 Å². The molecular weight excluding hydrogens is 308 g/mol. The van der Waals surface area contributed by atoms with E-state index < -0.39 is 0 Å². The fraction of sp³-hybridized carbons (Fsp3) is 0.682. The molecular formula is C22H34N2O. The molecule has 1 N–H and O–H groups in total. The lowest BCUT2D eigenvalue weighted by atomic mass is 9.84. The fourth-order valence-electron chi connectivity index (χ4n) is 5.16. The van der Waals surface area contributed by atoms with Crippen LogP contribution < -0.4 is 5.32 Å². The van der Waals surface area contributed by atoms with E-state index in [1.165, 1.54) is 18.5 Å². The summed E-state index contributed by atoms with van der Waals surface area (Å²) in [7, 11) is 0. The molecule has 3 rings (SSSR count). The van der Waals surface area contributed by atoms with Crippen molar-refractivity contribution >= 4 is 5.91 Å². The number of likely N-dealkylation sites (tertiary alicyclic amines) is 1. The number of benzene rings is 1. The third kappa shape index (κ3) is 4.25. The predicted octanol–water partition coefficient (Wildman–Crippen LogP) is 3.94. The molecule has 1 saturated heterocycles. The molecule has 0 radical (unpaired) electrons. The van der Waals surface area contributed by atoms with Crippen LogP contribution in [0.3, 0.4) is 0 Å². The normalized spacial score (nSPS) is 26.6. The summed E-state index contributed by atoms with van der Waals surface area (Å²) in [6.07, 6.45) is 2.41. The van der Waals surface area contributed by atoms with E-state index >= 15 is 0 Å². The van der Waals surface area contributed by atoms with Crippen molar-refractivity contribution in [1.29, 1.82) is 0 Å². The number of nitrogens with zero attached hydrogens (tertiary/aromatic N) is 1. The minimum absolute atomic E-state index is 0.126. The molecule has 3 nitrogen and oxygen atoms in total. The van der Waals surface area contributed by atoms with Gasteiger partial charge in [0, 0.05) is 31.6 Å². The highest BCUT2D eigenvalue weighted by Gasteiger charge is 2.43. The number of hydrogen-bond donors (Lipinski definition) is 1. The molecule has 1 saturated carbocycles. The zero-order valence-electron chi connectivity index (χ0n) is 16.2. The van der Waals surface area contributed by atoms with Gasteiger partial charge in [0.15, 0.2) is 0 Å². The Morgan fingerprint density at radius 3 is 2.40 bits per heavy atom. The van der Waals surface area contributed by atoms with E-state index in [0.717, 1.165) is 25.4 Å². The van der Waals surface area contributed by atoms with Crippen LogP contribution >= 0.6 is 0 Å². The molecule has 0 bridgehead atoms. The van der Waals surface area contributed by atoms with Crippen LogP contribution in [-0.4, -0.2) is 29.9 Å². The lowest BCUT2D eigenvalue weighted by Gasteiger charge is -2.28. The molecule has 3 atom stereocenters. The maximum absolute atomic E-state index is 12.8. The summed E-state index contributed by atoms with van der Waals surface area (Å²) in [6, 6.07) is 11.1. The van der Waals surface area contributed by atoms with Crippen LogP contribution in [0.2, 0.25) is 0 Å². The number of amides is 1. The molecule has 3 heteroatoms. The van der Waals surface area contributed by atoms with Gasteiger partial charge in [0.05, 0.1) is 0 Å². The zero-order chi connectivity index (χ0) is 18.0. The van der Waals surface area contributed by atoms with Crippen LogP contribution in [0.5, 0.6) is 0 Å². The number of hydrogen-bond acceptors (Lipinski definition) is 2.